The largest absolute Gasteiger partial charge is 0.493 e. The van der Waals surface area contributed by atoms with Gasteiger partial charge in [-0.3, -0.25) is 9.59 Å². The van der Waals surface area contributed by atoms with Gasteiger partial charge in [-0.2, -0.15) is 5.10 Å². The van der Waals surface area contributed by atoms with Gasteiger partial charge in [0.1, 0.15) is 11.9 Å². The maximum Gasteiger partial charge on any atom is 0.259 e. The summed E-state index contributed by atoms with van der Waals surface area (Å²) in [6.07, 6.45) is 0.370. The van der Waals surface area contributed by atoms with Gasteiger partial charge in [0.2, 0.25) is 0 Å². The van der Waals surface area contributed by atoms with E-state index in [2.05, 4.69) is 15.8 Å². The van der Waals surface area contributed by atoms with Gasteiger partial charge in [0.05, 0.1) is 43.9 Å². The van der Waals surface area contributed by atoms with Gasteiger partial charge >= 0.3 is 0 Å². The van der Waals surface area contributed by atoms with Gasteiger partial charge in [0, 0.05) is 35.4 Å². The fraction of sp³-hybridized carbons (Fsp3) is 0.320. The quantitative estimate of drug-likeness (QED) is 0.300. The van der Waals surface area contributed by atoms with E-state index >= 15 is 0 Å². The molecule has 0 radical (unpaired) electrons. The SMILES string of the molecule is COCC/C(=N/NC(=O)CNC(=O)c1ccc(OC2COC2)c(OC)c1)c1csc2c(F)cccc12. The highest BCUT2D eigenvalue weighted by molar-refractivity contribution is 7.17. The third kappa shape index (κ3) is 5.99. The maximum absolute atomic E-state index is 14.1. The molecule has 0 unspecified atom stereocenters. The van der Waals surface area contributed by atoms with Crippen LogP contribution in [0.5, 0.6) is 11.5 Å². The van der Waals surface area contributed by atoms with Crippen LogP contribution in [0.25, 0.3) is 10.1 Å². The number of fused-ring (bicyclic) bond motifs is 1. The highest BCUT2D eigenvalue weighted by Crippen LogP contribution is 2.30. The number of hydrazone groups is 1. The number of amides is 2. The van der Waals surface area contributed by atoms with E-state index < -0.39 is 11.8 Å². The Morgan fingerprint density at radius 2 is 2.03 bits per heavy atom. The number of carbonyl (C=O) groups excluding carboxylic acids is 2. The topological polar surface area (TPSA) is 107 Å². The molecule has 0 bridgehead atoms. The molecule has 2 amide bonds. The Bertz CT molecular complexity index is 1270. The molecule has 0 spiro atoms. The first-order chi connectivity index (χ1) is 17.5. The number of carbonyl (C=O) groups is 2. The van der Waals surface area contributed by atoms with Crippen molar-refractivity contribution < 1.29 is 32.9 Å². The van der Waals surface area contributed by atoms with Crippen LogP contribution < -0.4 is 20.2 Å². The molecule has 11 heteroatoms. The van der Waals surface area contributed by atoms with Crippen molar-refractivity contribution in [3.05, 3.63) is 58.7 Å². The van der Waals surface area contributed by atoms with E-state index in [4.69, 9.17) is 18.9 Å². The summed E-state index contributed by atoms with van der Waals surface area (Å²) in [7, 11) is 3.05. The second-order valence-corrected chi connectivity index (χ2v) is 8.81. The number of hydrogen-bond acceptors (Lipinski definition) is 8. The van der Waals surface area contributed by atoms with Crippen molar-refractivity contribution in [1.82, 2.24) is 10.7 Å². The summed E-state index contributed by atoms with van der Waals surface area (Å²) in [6, 6.07) is 9.62. The number of nitrogens with zero attached hydrogens (tertiary/aromatic N) is 1. The Kier molecular flexibility index (Phi) is 8.47. The summed E-state index contributed by atoms with van der Waals surface area (Å²) in [5.41, 5.74) is 4.05. The normalized spacial score (nSPS) is 13.8. The number of methoxy groups -OCH3 is 2. The van der Waals surface area contributed by atoms with Gasteiger partial charge in [-0.1, -0.05) is 12.1 Å². The molecule has 36 heavy (non-hydrogen) atoms. The average molecular weight is 516 g/mol. The van der Waals surface area contributed by atoms with Crippen molar-refractivity contribution in [3.8, 4) is 11.5 Å². The van der Waals surface area contributed by atoms with Crippen LogP contribution >= 0.6 is 11.3 Å². The van der Waals surface area contributed by atoms with Crippen LogP contribution in [-0.4, -0.2) is 64.2 Å². The number of benzene rings is 2. The van der Waals surface area contributed by atoms with E-state index in [-0.39, 0.29) is 18.5 Å². The van der Waals surface area contributed by atoms with Gasteiger partial charge in [0.25, 0.3) is 11.8 Å². The molecule has 190 valence electrons. The van der Waals surface area contributed by atoms with Crippen molar-refractivity contribution in [2.45, 2.75) is 12.5 Å². The van der Waals surface area contributed by atoms with Crippen LogP contribution in [0.1, 0.15) is 22.3 Å². The second kappa shape index (κ2) is 11.9. The molecule has 1 aliphatic heterocycles. The minimum absolute atomic E-state index is 0.0392. The second-order valence-electron chi connectivity index (χ2n) is 7.93. The number of hydrogen-bond donors (Lipinski definition) is 2. The van der Waals surface area contributed by atoms with Crippen molar-refractivity contribution >= 4 is 38.9 Å². The molecule has 9 nitrogen and oxygen atoms in total. The first-order valence-electron chi connectivity index (χ1n) is 11.2. The maximum atomic E-state index is 14.1. The predicted molar refractivity (Wildman–Crippen MR) is 134 cm³/mol. The fourth-order valence-electron chi connectivity index (χ4n) is 3.49. The standard InChI is InChI=1S/C25H26FN3O6S/c1-32-9-8-20(18-14-36-24-17(18)4-3-5-19(24)26)28-29-23(30)11-27-25(31)15-6-7-21(22(10-15)33-2)35-16-12-34-13-16/h3-7,10,14,16H,8-9,11-13H2,1-2H3,(H,27,31)(H,29,30)/b28-20-. The van der Waals surface area contributed by atoms with Gasteiger partial charge in [0.15, 0.2) is 11.5 Å². The third-order valence-corrected chi connectivity index (χ3v) is 6.46. The Balaban J connectivity index is 1.38. The third-order valence-electron chi connectivity index (χ3n) is 5.46. The Morgan fingerprint density at radius 3 is 2.75 bits per heavy atom. The lowest BCUT2D eigenvalue weighted by Crippen LogP contribution is -2.38. The van der Waals surface area contributed by atoms with E-state index in [0.717, 1.165) is 5.56 Å². The zero-order valence-corrected chi connectivity index (χ0v) is 20.7. The molecule has 1 fully saturated rings. The zero-order chi connectivity index (χ0) is 25.5. The highest BCUT2D eigenvalue weighted by atomic mass is 32.1. The lowest BCUT2D eigenvalue weighted by molar-refractivity contribution is -0.120. The summed E-state index contributed by atoms with van der Waals surface area (Å²) in [5, 5.41) is 9.31. The van der Waals surface area contributed by atoms with E-state index in [1.54, 1.807) is 42.8 Å². The number of ether oxygens (including phenoxy) is 4. The monoisotopic (exact) mass is 515 g/mol. The number of nitrogens with one attached hydrogen (secondary N) is 2. The summed E-state index contributed by atoms with van der Waals surface area (Å²) in [4.78, 5) is 25.0. The van der Waals surface area contributed by atoms with Crippen LogP contribution in [0.2, 0.25) is 0 Å². The number of halogens is 1. The van der Waals surface area contributed by atoms with E-state index in [1.807, 2.05) is 0 Å². The number of thiophene rings is 1. The van der Waals surface area contributed by atoms with Gasteiger partial charge in [-0.25, -0.2) is 9.82 Å². The highest BCUT2D eigenvalue weighted by Gasteiger charge is 2.22. The lowest BCUT2D eigenvalue weighted by atomic mass is 10.1. The van der Waals surface area contributed by atoms with E-state index in [9.17, 15) is 14.0 Å². The molecule has 2 aromatic carbocycles. The van der Waals surface area contributed by atoms with E-state index in [0.29, 0.717) is 59.1 Å². The first kappa shape index (κ1) is 25.5. The molecular formula is C25H26FN3O6S. The summed E-state index contributed by atoms with van der Waals surface area (Å²) < 4.78 is 36.0. The minimum atomic E-state index is -0.513. The smallest absolute Gasteiger partial charge is 0.259 e. The Hall–Kier alpha value is -3.54. The van der Waals surface area contributed by atoms with E-state index in [1.165, 1.54) is 24.5 Å². The molecule has 4 rings (SSSR count). The van der Waals surface area contributed by atoms with Crippen LogP contribution in [0, 0.1) is 5.82 Å². The molecule has 1 saturated heterocycles. The first-order valence-corrected chi connectivity index (χ1v) is 12.1. The zero-order valence-electron chi connectivity index (χ0n) is 19.8. The molecule has 0 aliphatic carbocycles. The molecule has 1 aliphatic rings. The minimum Gasteiger partial charge on any atom is -0.493 e. The molecule has 1 aromatic heterocycles. The van der Waals surface area contributed by atoms with Crippen LogP contribution in [0.3, 0.4) is 0 Å². The predicted octanol–water partition coefficient (Wildman–Crippen LogP) is 3.11. The van der Waals surface area contributed by atoms with Crippen LogP contribution in [0.15, 0.2) is 46.9 Å². The summed E-state index contributed by atoms with van der Waals surface area (Å²) in [5.74, 6) is -0.356. The summed E-state index contributed by atoms with van der Waals surface area (Å²) >= 11 is 1.27. The molecule has 2 heterocycles. The van der Waals surface area contributed by atoms with Gasteiger partial charge in [-0.05, 0) is 24.3 Å². The molecule has 0 atom stereocenters. The number of rotatable bonds is 11. The fourth-order valence-corrected chi connectivity index (χ4v) is 4.48. The van der Waals surface area contributed by atoms with Gasteiger partial charge < -0.3 is 24.3 Å². The molecule has 2 N–H and O–H groups in total. The molecule has 3 aromatic rings. The molecular weight excluding hydrogens is 489 g/mol. The lowest BCUT2D eigenvalue weighted by Gasteiger charge is -2.27. The Morgan fingerprint density at radius 1 is 1.19 bits per heavy atom. The van der Waals surface area contributed by atoms with Crippen molar-refractivity contribution in [2.75, 3.05) is 40.6 Å². The van der Waals surface area contributed by atoms with Crippen molar-refractivity contribution in [2.24, 2.45) is 5.10 Å². The van der Waals surface area contributed by atoms with Crippen molar-refractivity contribution in [1.29, 1.82) is 0 Å². The van der Waals surface area contributed by atoms with Gasteiger partial charge in [-0.15, -0.1) is 11.3 Å². The molecule has 0 saturated carbocycles. The van der Waals surface area contributed by atoms with Crippen LogP contribution in [0.4, 0.5) is 4.39 Å². The van der Waals surface area contributed by atoms with Crippen LogP contribution in [-0.2, 0) is 14.3 Å². The summed E-state index contributed by atoms with van der Waals surface area (Å²) in [6.45, 7) is 1.09. The Labute approximate surface area is 211 Å². The average Bonchev–Trinajstić information content (AvgIpc) is 3.30. The van der Waals surface area contributed by atoms with Crippen molar-refractivity contribution in [3.63, 3.8) is 0 Å².